The Hall–Kier alpha value is -1.78. The topological polar surface area (TPSA) is 17.8 Å². The zero-order valence-corrected chi connectivity index (χ0v) is 9.99. The summed E-state index contributed by atoms with van der Waals surface area (Å²) in [7, 11) is 0. The molecule has 0 aliphatic carbocycles. The molecule has 0 spiro atoms. The molecular formula is C13H12F3N2. The van der Waals surface area contributed by atoms with Crippen LogP contribution >= 0.6 is 0 Å². The number of halogens is 3. The highest BCUT2D eigenvalue weighted by atomic mass is 19.4. The molecule has 1 aromatic carbocycles. The molecule has 0 aliphatic rings. The first-order chi connectivity index (χ1) is 8.38. The van der Waals surface area contributed by atoms with Crippen LogP contribution in [0.2, 0.25) is 0 Å². The van der Waals surface area contributed by atoms with Gasteiger partial charge in [0.15, 0.2) is 0 Å². The number of rotatable bonds is 2. The fourth-order valence-electron chi connectivity index (χ4n) is 1.52. The fraction of sp³-hybridized carbons (Fsp3) is 0.308. The summed E-state index contributed by atoms with van der Waals surface area (Å²) in [5, 5.41) is 4.25. The van der Waals surface area contributed by atoms with E-state index in [1.165, 1.54) is 16.8 Å². The molecule has 1 aromatic heterocycles. The van der Waals surface area contributed by atoms with E-state index in [-0.39, 0.29) is 5.92 Å². The third kappa shape index (κ3) is 2.55. The van der Waals surface area contributed by atoms with Crippen LogP contribution in [0.1, 0.15) is 31.0 Å². The predicted octanol–water partition coefficient (Wildman–Crippen LogP) is 3.81. The summed E-state index contributed by atoms with van der Waals surface area (Å²) in [6.45, 7) is 3.96. The molecule has 0 N–H and O–H groups in total. The second-order valence-corrected chi connectivity index (χ2v) is 4.30. The molecule has 2 nitrogen and oxygen atoms in total. The monoisotopic (exact) mass is 253 g/mol. The molecule has 95 valence electrons. The lowest BCUT2D eigenvalue weighted by atomic mass is 10.1. The summed E-state index contributed by atoms with van der Waals surface area (Å²) in [4.78, 5) is 0. The van der Waals surface area contributed by atoms with Gasteiger partial charge >= 0.3 is 6.18 Å². The third-order valence-electron chi connectivity index (χ3n) is 2.56. The van der Waals surface area contributed by atoms with Crippen molar-refractivity contribution in [3.63, 3.8) is 0 Å². The van der Waals surface area contributed by atoms with Gasteiger partial charge in [-0.2, -0.15) is 18.3 Å². The molecule has 5 heteroatoms. The molecule has 0 amide bonds. The summed E-state index contributed by atoms with van der Waals surface area (Å²) < 4.78 is 38.7. The molecule has 2 aromatic rings. The molecule has 0 saturated carbocycles. The first kappa shape index (κ1) is 12.7. The first-order valence-corrected chi connectivity index (χ1v) is 5.53. The van der Waals surface area contributed by atoms with Crippen LogP contribution in [-0.4, -0.2) is 9.78 Å². The molecule has 0 saturated heterocycles. The van der Waals surface area contributed by atoms with Crippen molar-refractivity contribution < 1.29 is 13.2 Å². The molecule has 0 fully saturated rings. The largest absolute Gasteiger partial charge is 0.416 e. The van der Waals surface area contributed by atoms with Crippen LogP contribution in [0, 0.1) is 6.07 Å². The highest BCUT2D eigenvalue weighted by molar-refractivity contribution is 5.35. The van der Waals surface area contributed by atoms with Crippen molar-refractivity contribution in [1.29, 1.82) is 0 Å². The van der Waals surface area contributed by atoms with E-state index in [4.69, 9.17) is 0 Å². The van der Waals surface area contributed by atoms with E-state index in [1.807, 2.05) is 13.8 Å². The Morgan fingerprint density at radius 3 is 2.22 bits per heavy atom. The minimum atomic E-state index is -4.31. The molecule has 2 rings (SSSR count). The number of hydrogen-bond donors (Lipinski definition) is 0. The average molecular weight is 253 g/mol. The van der Waals surface area contributed by atoms with Crippen LogP contribution in [-0.2, 0) is 6.18 Å². The Balaban J connectivity index is 2.29. The van der Waals surface area contributed by atoms with Gasteiger partial charge in [-0.1, -0.05) is 13.8 Å². The lowest BCUT2D eigenvalue weighted by Gasteiger charge is -2.07. The van der Waals surface area contributed by atoms with Gasteiger partial charge in [0.1, 0.15) is 0 Å². The highest BCUT2D eigenvalue weighted by Crippen LogP contribution is 2.29. The van der Waals surface area contributed by atoms with E-state index in [9.17, 15) is 13.2 Å². The lowest BCUT2D eigenvalue weighted by molar-refractivity contribution is -0.137. The van der Waals surface area contributed by atoms with Gasteiger partial charge < -0.3 is 0 Å². The normalized spacial score (nSPS) is 12.1. The molecule has 1 heterocycles. The van der Waals surface area contributed by atoms with Gasteiger partial charge in [-0.15, -0.1) is 0 Å². The van der Waals surface area contributed by atoms with Crippen LogP contribution < -0.4 is 0 Å². The predicted molar refractivity (Wildman–Crippen MR) is 61.5 cm³/mol. The van der Waals surface area contributed by atoms with E-state index < -0.39 is 11.7 Å². The van der Waals surface area contributed by atoms with E-state index >= 15 is 0 Å². The Bertz CT molecular complexity index is 524. The summed E-state index contributed by atoms with van der Waals surface area (Å²) in [5.41, 5.74) is 0.715. The minimum absolute atomic E-state index is 0.237. The maximum absolute atomic E-state index is 12.4. The Kier molecular flexibility index (Phi) is 3.15. The van der Waals surface area contributed by atoms with Gasteiger partial charge in [-0.25, -0.2) is 4.68 Å². The maximum Gasteiger partial charge on any atom is 0.416 e. The summed E-state index contributed by atoms with van der Waals surface area (Å²) in [6, 6.07) is 7.87. The highest BCUT2D eigenvalue weighted by Gasteiger charge is 2.30. The number of aromatic nitrogens is 2. The SMILES string of the molecule is CC(C)c1[c]cn(-c2ccc(C(F)(F)F)cc2)n1. The number of hydrogen-bond acceptors (Lipinski definition) is 1. The van der Waals surface area contributed by atoms with Crippen molar-refractivity contribution in [1.82, 2.24) is 9.78 Å². The van der Waals surface area contributed by atoms with Crippen molar-refractivity contribution in [2.75, 3.05) is 0 Å². The molecule has 0 unspecified atom stereocenters. The van der Waals surface area contributed by atoms with Crippen molar-refractivity contribution in [2.24, 2.45) is 0 Å². The van der Waals surface area contributed by atoms with E-state index in [0.717, 1.165) is 17.8 Å². The maximum atomic E-state index is 12.4. The van der Waals surface area contributed by atoms with Crippen LogP contribution in [0.25, 0.3) is 5.69 Å². The van der Waals surface area contributed by atoms with Gasteiger partial charge in [-0.3, -0.25) is 0 Å². The number of benzene rings is 1. The number of nitrogens with zero attached hydrogens (tertiary/aromatic N) is 2. The van der Waals surface area contributed by atoms with Crippen molar-refractivity contribution >= 4 is 0 Å². The van der Waals surface area contributed by atoms with Gasteiger partial charge in [0.2, 0.25) is 0 Å². The van der Waals surface area contributed by atoms with Crippen LogP contribution in [0.3, 0.4) is 0 Å². The van der Waals surface area contributed by atoms with Crippen molar-refractivity contribution in [2.45, 2.75) is 25.9 Å². The van der Waals surface area contributed by atoms with Gasteiger partial charge in [0.05, 0.1) is 16.9 Å². The summed E-state index contributed by atoms with van der Waals surface area (Å²) >= 11 is 0. The van der Waals surface area contributed by atoms with E-state index in [0.29, 0.717) is 5.69 Å². The Morgan fingerprint density at radius 1 is 1.17 bits per heavy atom. The summed E-state index contributed by atoms with van der Waals surface area (Å²) in [6.07, 6.45) is -2.68. The Morgan fingerprint density at radius 2 is 1.78 bits per heavy atom. The van der Waals surface area contributed by atoms with Gasteiger partial charge in [0, 0.05) is 12.3 Å². The van der Waals surface area contributed by atoms with Crippen LogP contribution in [0.5, 0.6) is 0 Å². The Labute approximate surface area is 103 Å². The lowest BCUT2D eigenvalue weighted by Crippen LogP contribution is -2.05. The zero-order valence-electron chi connectivity index (χ0n) is 9.99. The van der Waals surface area contributed by atoms with Crippen LogP contribution in [0.15, 0.2) is 30.5 Å². The smallest absolute Gasteiger partial charge is 0.240 e. The number of alkyl halides is 3. The van der Waals surface area contributed by atoms with E-state index in [2.05, 4.69) is 11.2 Å². The molecular weight excluding hydrogens is 241 g/mol. The van der Waals surface area contributed by atoms with Crippen LogP contribution in [0.4, 0.5) is 13.2 Å². The molecule has 1 radical (unpaired) electrons. The minimum Gasteiger partial charge on any atom is -0.240 e. The van der Waals surface area contributed by atoms with Gasteiger partial charge in [-0.05, 0) is 30.2 Å². The first-order valence-electron chi connectivity index (χ1n) is 5.53. The molecule has 18 heavy (non-hydrogen) atoms. The average Bonchev–Trinajstić information content (AvgIpc) is 2.77. The van der Waals surface area contributed by atoms with Crippen molar-refractivity contribution in [3.05, 3.63) is 47.8 Å². The zero-order chi connectivity index (χ0) is 13.3. The summed E-state index contributed by atoms with van der Waals surface area (Å²) in [5.74, 6) is 0.237. The van der Waals surface area contributed by atoms with Crippen molar-refractivity contribution in [3.8, 4) is 5.69 Å². The van der Waals surface area contributed by atoms with Gasteiger partial charge in [0.25, 0.3) is 0 Å². The second kappa shape index (κ2) is 4.48. The molecule has 0 bridgehead atoms. The molecule has 0 aliphatic heterocycles. The quantitative estimate of drug-likeness (QED) is 0.795. The fourth-order valence-corrected chi connectivity index (χ4v) is 1.52. The second-order valence-electron chi connectivity index (χ2n) is 4.30. The molecule has 0 atom stereocenters. The standard InChI is InChI=1S/C13H12F3N2/c1-9(2)12-7-8-18(17-12)11-5-3-10(4-6-11)13(14,15)16/h3-6,8-9H,1-2H3. The van der Waals surface area contributed by atoms with E-state index in [1.54, 1.807) is 6.20 Å². The third-order valence-corrected chi connectivity index (χ3v) is 2.56.